The molecule has 13 heavy (non-hydrogen) atoms. The normalized spacial score (nSPS) is 31.3. The molecule has 1 heterocycles. The second kappa shape index (κ2) is 5.40. The molecule has 0 spiro atoms. The van der Waals surface area contributed by atoms with Gasteiger partial charge in [-0.1, -0.05) is 19.1 Å². The number of hydrogen-bond donors (Lipinski definition) is 1. The number of rotatable bonds is 3. The molecule has 2 atom stereocenters. The average Bonchev–Trinajstić information content (AvgIpc) is 2.17. The molecule has 0 aromatic carbocycles. The zero-order valence-electron chi connectivity index (χ0n) is 9.09. The summed E-state index contributed by atoms with van der Waals surface area (Å²) in [4.78, 5) is 2.55. The molecular weight excluding hydrogens is 160 g/mol. The first-order valence-corrected chi connectivity index (χ1v) is 5.36. The van der Waals surface area contributed by atoms with Gasteiger partial charge in [0.2, 0.25) is 0 Å². The van der Waals surface area contributed by atoms with Crippen molar-refractivity contribution >= 4 is 0 Å². The maximum absolute atomic E-state index is 3.56. The Labute approximate surface area is 82.0 Å². The minimum atomic E-state index is 0.680. The Balaban J connectivity index is 2.40. The maximum atomic E-state index is 3.56. The van der Waals surface area contributed by atoms with Gasteiger partial charge < -0.3 is 5.32 Å². The van der Waals surface area contributed by atoms with E-state index in [-0.39, 0.29) is 0 Å². The van der Waals surface area contributed by atoms with Gasteiger partial charge in [0.15, 0.2) is 0 Å². The van der Waals surface area contributed by atoms with Crippen LogP contribution in [0.4, 0.5) is 0 Å². The fraction of sp³-hybridized carbons (Fsp3) is 0.818. The molecule has 2 unspecified atom stereocenters. The fourth-order valence-corrected chi connectivity index (χ4v) is 1.76. The number of nitrogens with one attached hydrogen (secondary N) is 1. The molecule has 1 fully saturated rings. The summed E-state index contributed by atoms with van der Waals surface area (Å²) in [5.41, 5.74) is 0. The first-order chi connectivity index (χ1) is 6.27. The topological polar surface area (TPSA) is 15.3 Å². The van der Waals surface area contributed by atoms with Crippen LogP contribution in [0.25, 0.3) is 0 Å². The highest BCUT2D eigenvalue weighted by Crippen LogP contribution is 2.08. The summed E-state index contributed by atoms with van der Waals surface area (Å²) in [6, 6.07) is 1.38. The lowest BCUT2D eigenvalue weighted by atomic mass is 10.1. The molecule has 0 amide bonds. The summed E-state index contributed by atoms with van der Waals surface area (Å²) < 4.78 is 0. The van der Waals surface area contributed by atoms with Gasteiger partial charge in [0, 0.05) is 31.7 Å². The number of allylic oxidation sites excluding steroid dienone is 1. The third-order valence-electron chi connectivity index (χ3n) is 2.85. The number of piperazine rings is 1. The summed E-state index contributed by atoms with van der Waals surface area (Å²) in [7, 11) is 0. The van der Waals surface area contributed by atoms with Crippen LogP contribution in [0.2, 0.25) is 0 Å². The predicted molar refractivity (Wildman–Crippen MR) is 57.9 cm³/mol. The van der Waals surface area contributed by atoms with Crippen LogP contribution in [0.5, 0.6) is 0 Å². The summed E-state index contributed by atoms with van der Waals surface area (Å²) in [6.45, 7) is 10.1. The summed E-state index contributed by atoms with van der Waals surface area (Å²) in [5.74, 6) is 0. The number of hydrogen-bond acceptors (Lipinski definition) is 2. The Kier molecular flexibility index (Phi) is 4.46. The Hall–Kier alpha value is -0.340. The van der Waals surface area contributed by atoms with E-state index in [9.17, 15) is 0 Å². The Morgan fingerprint density at radius 1 is 1.54 bits per heavy atom. The van der Waals surface area contributed by atoms with Crippen molar-refractivity contribution < 1.29 is 0 Å². The molecule has 76 valence electrons. The van der Waals surface area contributed by atoms with Crippen LogP contribution in [-0.4, -0.2) is 36.6 Å². The maximum Gasteiger partial charge on any atom is 0.0196 e. The molecule has 1 aliphatic heterocycles. The van der Waals surface area contributed by atoms with Crippen molar-refractivity contribution in [2.75, 3.05) is 19.6 Å². The van der Waals surface area contributed by atoms with E-state index < -0.39 is 0 Å². The van der Waals surface area contributed by atoms with Gasteiger partial charge >= 0.3 is 0 Å². The zero-order valence-corrected chi connectivity index (χ0v) is 9.09. The Bertz CT molecular complexity index is 165. The lowest BCUT2D eigenvalue weighted by Gasteiger charge is -2.37. The third-order valence-corrected chi connectivity index (χ3v) is 2.85. The van der Waals surface area contributed by atoms with Crippen LogP contribution in [0.1, 0.15) is 27.2 Å². The Morgan fingerprint density at radius 2 is 2.31 bits per heavy atom. The van der Waals surface area contributed by atoms with Crippen molar-refractivity contribution in [2.24, 2.45) is 0 Å². The van der Waals surface area contributed by atoms with E-state index in [1.54, 1.807) is 0 Å². The van der Waals surface area contributed by atoms with Crippen molar-refractivity contribution in [3.05, 3.63) is 12.2 Å². The fourth-order valence-electron chi connectivity index (χ4n) is 1.76. The van der Waals surface area contributed by atoms with Crippen LogP contribution >= 0.6 is 0 Å². The molecule has 1 rings (SSSR count). The van der Waals surface area contributed by atoms with Crippen LogP contribution in [0.15, 0.2) is 12.2 Å². The van der Waals surface area contributed by atoms with E-state index >= 15 is 0 Å². The van der Waals surface area contributed by atoms with Gasteiger partial charge in [-0.15, -0.1) is 0 Å². The van der Waals surface area contributed by atoms with Crippen LogP contribution < -0.4 is 5.32 Å². The lowest BCUT2D eigenvalue weighted by molar-refractivity contribution is 0.154. The SMILES string of the molecule is C/C=C/CN1CC(CC)NCC1C. The van der Waals surface area contributed by atoms with E-state index in [1.165, 1.54) is 13.0 Å². The molecule has 2 heteroatoms. The van der Waals surface area contributed by atoms with E-state index in [0.29, 0.717) is 12.1 Å². The molecule has 0 radical (unpaired) electrons. The minimum Gasteiger partial charge on any atom is -0.311 e. The smallest absolute Gasteiger partial charge is 0.0196 e. The highest BCUT2D eigenvalue weighted by atomic mass is 15.2. The lowest BCUT2D eigenvalue weighted by Crippen LogP contribution is -2.55. The zero-order chi connectivity index (χ0) is 9.68. The Morgan fingerprint density at radius 3 is 2.92 bits per heavy atom. The van der Waals surface area contributed by atoms with Crippen LogP contribution in [0.3, 0.4) is 0 Å². The van der Waals surface area contributed by atoms with Crippen molar-refractivity contribution in [1.29, 1.82) is 0 Å². The molecule has 0 aromatic rings. The van der Waals surface area contributed by atoms with Gasteiger partial charge in [0.1, 0.15) is 0 Å². The molecule has 0 saturated carbocycles. The second-order valence-corrected chi connectivity index (χ2v) is 3.89. The van der Waals surface area contributed by atoms with E-state index in [1.807, 2.05) is 0 Å². The van der Waals surface area contributed by atoms with Gasteiger partial charge in [-0.05, 0) is 20.3 Å². The van der Waals surface area contributed by atoms with Crippen LogP contribution in [-0.2, 0) is 0 Å². The average molecular weight is 182 g/mol. The van der Waals surface area contributed by atoms with Gasteiger partial charge in [-0.2, -0.15) is 0 Å². The van der Waals surface area contributed by atoms with Crippen LogP contribution in [0, 0.1) is 0 Å². The molecular formula is C11H22N2. The quantitative estimate of drug-likeness (QED) is 0.667. The van der Waals surface area contributed by atoms with Gasteiger partial charge in [0.05, 0.1) is 0 Å². The third kappa shape index (κ3) is 3.12. The largest absolute Gasteiger partial charge is 0.311 e. The number of nitrogens with zero attached hydrogens (tertiary/aromatic N) is 1. The summed E-state index contributed by atoms with van der Waals surface area (Å²) in [6.07, 6.45) is 5.61. The monoisotopic (exact) mass is 182 g/mol. The van der Waals surface area contributed by atoms with E-state index in [0.717, 1.165) is 13.1 Å². The van der Waals surface area contributed by atoms with Crippen molar-refractivity contribution in [2.45, 2.75) is 39.3 Å². The van der Waals surface area contributed by atoms with E-state index in [2.05, 4.69) is 43.1 Å². The molecule has 0 bridgehead atoms. The van der Waals surface area contributed by atoms with Crippen molar-refractivity contribution in [3.63, 3.8) is 0 Å². The molecule has 2 nitrogen and oxygen atoms in total. The van der Waals surface area contributed by atoms with Gasteiger partial charge in [0.25, 0.3) is 0 Å². The summed E-state index contributed by atoms with van der Waals surface area (Å²) in [5, 5.41) is 3.56. The predicted octanol–water partition coefficient (Wildman–Crippen LogP) is 1.63. The summed E-state index contributed by atoms with van der Waals surface area (Å²) >= 11 is 0. The first-order valence-electron chi connectivity index (χ1n) is 5.36. The van der Waals surface area contributed by atoms with Crippen molar-refractivity contribution in [3.8, 4) is 0 Å². The highest BCUT2D eigenvalue weighted by Gasteiger charge is 2.22. The second-order valence-electron chi connectivity index (χ2n) is 3.89. The van der Waals surface area contributed by atoms with E-state index in [4.69, 9.17) is 0 Å². The highest BCUT2D eigenvalue weighted by molar-refractivity contribution is 4.89. The molecule has 1 aliphatic rings. The molecule has 0 aromatic heterocycles. The molecule has 1 N–H and O–H groups in total. The van der Waals surface area contributed by atoms with Crippen molar-refractivity contribution in [1.82, 2.24) is 10.2 Å². The molecule has 1 saturated heterocycles. The standard InChI is InChI=1S/C11H22N2/c1-4-6-7-13-9-11(5-2)12-8-10(13)3/h4,6,10-12H,5,7-9H2,1-3H3/b6-4+. The first kappa shape index (κ1) is 10.7. The van der Waals surface area contributed by atoms with Gasteiger partial charge in [-0.3, -0.25) is 4.90 Å². The minimum absolute atomic E-state index is 0.680. The van der Waals surface area contributed by atoms with Gasteiger partial charge in [-0.25, -0.2) is 0 Å². The molecule has 0 aliphatic carbocycles.